The molecule has 0 spiro atoms. The Hall–Kier alpha value is -1.67. The summed E-state index contributed by atoms with van der Waals surface area (Å²) in [5, 5.41) is 7.60. The summed E-state index contributed by atoms with van der Waals surface area (Å²) in [7, 11) is 0. The average molecular weight is 390 g/mol. The number of aliphatic carboxylic acids is 1. The molecule has 0 aromatic heterocycles. The van der Waals surface area contributed by atoms with E-state index in [1.54, 1.807) is 0 Å². The van der Waals surface area contributed by atoms with Gasteiger partial charge in [0.15, 0.2) is 0 Å². The van der Waals surface area contributed by atoms with Crippen LogP contribution in [0.15, 0.2) is 12.7 Å². The van der Waals surface area contributed by atoms with E-state index in [0.29, 0.717) is 0 Å². The van der Waals surface area contributed by atoms with Crippen LogP contribution in [-0.4, -0.2) is 48.0 Å². The van der Waals surface area contributed by atoms with Gasteiger partial charge in [-0.3, -0.25) is 0 Å². The normalized spacial score (nSPS) is 13.6. The largest absolute Gasteiger partial charge is 0.478 e. The minimum Gasteiger partial charge on any atom is -0.478 e. The monoisotopic (exact) mass is 390 g/mol. The Bertz CT molecular complexity index is 357. The van der Waals surface area contributed by atoms with Crippen LogP contribution in [-0.2, 0) is 9.53 Å². The van der Waals surface area contributed by atoms with E-state index < -0.39 is 42.9 Å². The number of carboxylic acids is 1. The van der Waals surface area contributed by atoms with Crippen molar-refractivity contribution in [1.82, 2.24) is 0 Å². The summed E-state index contributed by atoms with van der Waals surface area (Å²) in [6, 6.07) is 0. The van der Waals surface area contributed by atoms with E-state index >= 15 is 0 Å². The van der Waals surface area contributed by atoms with Gasteiger partial charge in [-0.1, -0.05) is 6.58 Å². The molecule has 0 bridgehead atoms. The molecule has 0 heterocycles. The number of hydrogen-bond donors (Lipinski definition) is 1. The topological polar surface area (TPSA) is 46.5 Å². The summed E-state index contributed by atoms with van der Waals surface area (Å²) in [6.45, 7) is 2.96. The third-order valence-electron chi connectivity index (χ3n) is 1.64. The molecule has 0 rings (SSSR count). The average Bonchev–Trinajstić information content (AvgIpc) is 2.22. The first-order valence-corrected chi connectivity index (χ1v) is 5.02. The van der Waals surface area contributed by atoms with E-state index in [9.17, 15) is 57.5 Å². The fourth-order valence-corrected chi connectivity index (χ4v) is 0.816. The van der Waals surface area contributed by atoms with Crippen molar-refractivity contribution in [2.24, 2.45) is 0 Å². The zero-order valence-corrected chi connectivity index (χ0v) is 10.7. The van der Waals surface area contributed by atoms with E-state index in [2.05, 4.69) is 11.3 Å². The van der Waals surface area contributed by atoms with Gasteiger partial charge in [0.25, 0.3) is 0 Å². The molecule has 0 unspecified atom stereocenters. The molecule has 0 aromatic rings. The Balaban J connectivity index is 0. The van der Waals surface area contributed by atoms with Gasteiger partial charge in [-0.15, -0.1) is 0 Å². The van der Waals surface area contributed by atoms with Crippen molar-refractivity contribution in [3.63, 3.8) is 0 Å². The zero-order chi connectivity index (χ0) is 20.1. The summed E-state index contributed by atoms with van der Waals surface area (Å²) in [6.07, 6.45) is -35.5. The molecule has 0 amide bonds. The number of carbonyl (C=O) groups is 1. The third kappa shape index (κ3) is 9.46. The van der Waals surface area contributed by atoms with E-state index in [0.717, 1.165) is 6.08 Å². The number of alkyl halides is 12. The molecule has 3 nitrogen and oxygen atoms in total. The van der Waals surface area contributed by atoms with Gasteiger partial charge in [-0.2, -0.15) is 52.7 Å². The first-order valence-electron chi connectivity index (χ1n) is 5.02. The van der Waals surface area contributed by atoms with Crippen LogP contribution in [0.4, 0.5) is 52.7 Å². The van der Waals surface area contributed by atoms with E-state index in [1.807, 2.05) is 0 Å². The van der Waals surface area contributed by atoms with Gasteiger partial charge in [-0.25, -0.2) is 4.79 Å². The minimum absolute atomic E-state index is 0.833. The highest BCUT2D eigenvalue weighted by Gasteiger charge is 2.66. The molecule has 0 saturated heterocycles. The summed E-state index contributed by atoms with van der Waals surface area (Å²) in [5.74, 6) is -0.981. The molecule has 0 fully saturated rings. The second-order valence-corrected chi connectivity index (χ2v) is 3.60. The predicted octanol–water partition coefficient (Wildman–Crippen LogP) is 4.25. The molecule has 0 atom stereocenters. The maximum absolute atomic E-state index is 11.8. The van der Waals surface area contributed by atoms with Gasteiger partial charge < -0.3 is 9.84 Å². The van der Waals surface area contributed by atoms with Crippen molar-refractivity contribution in [1.29, 1.82) is 0 Å². The Morgan fingerprint density at radius 3 is 1.00 bits per heavy atom. The molecular weight excluding hydrogens is 384 g/mol. The third-order valence-corrected chi connectivity index (χ3v) is 1.64. The van der Waals surface area contributed by atoms with Crippen LogP contribution in [0.25, 0.3) is 0 Å². The van der Waals surface area contributed by atoms with Crippen molar-refractivity contribution < 1.29 is 67.3 Å². The molecule has 1 N–H and O–H groups in total. The molecular formula is C9H6F12O3. The van der Waals surface area contributed by atoms with Crippen molar-refractivity contribution >= 4 is 5.97 Å². The number of hydrogen-bond acceptors (Lipinski definition) is 2. The number of rotatable bonds is 3. The lowest BCUT2D eigenvalue weighted by Gasteiger charge is -2.29. The van der Waals surface area contributed by atoms with Crippen LogP contribution in [0, 0.1) is 0 Å². The van der Waals surface area contributed by atoms with E-state index in [1.165, 1.54) is 0 Å². The second kappa shape index (κ2) is 7.94. The van der Waals surface area contributed by atoms with Gasteiger partial charge in [-0.05, 0) is 0 Å². The maximum Gasteiger partial charge on any atom is 0.423 e. The Morgan fingerprint density at radius 1 is 0.750 bits per heavy atom. The summed E-state index contributed by atoms with van der Waals surface area (Å²) in [5.41, 5.74) is 0. The van der Waals surface area contributed by atoms with Crippen LogP contribution >= 0.6 is 0 Å². The Kier molecular flexibility index (Phi) is 8.13. The van der Waals surface area contributed by atoms with Gasteiger partial charge in [0, 0.05) is 6.08 Å². The van der Waals surface area contributed by atoms with Crippen LogP contribution in [0.5, 0.6) is 0 Å². The standard InChI is InChI=1S/C6H2F12O.C3H4O2/c7-3(8,9)1(4(10,11)12)19-2(5(13,14)15)6(16,17)18;1-2-3(4)5/h1-2H;2H,1H2,(H,4,5). The van der Waals surface area contributed by atoms with Gasteiger partial charge in [0.2, 0.25) is 12.2 Å². The second-order valence-electron chi connectivity index (χ2n) is 3.60. The zero-order valence-electron chi connectivity index (χ0n) is 10.7. The highest BCUT2D eigenvalue weighted by Crippen LogP contribution is 2.42. The van der Waals surface area contributed by atoms with E-state index in [4.69, 9.17) is 5.11 Å². The molecule has 0 aliphatic heterocycles. The highest BCUT2D eigenvalue weighted by atomic mass is 19.4. The van der Waals surface area contributed by atoms with Crippen molar-refractivity contribution in [3.8, 4) is 0 Å². The van der Waals surface area contributed by atoms with Crippen LogP contribution < -0.4 is 0 Å². The van der Waals surface area contributed by atoms with Crippen LogP contribution in [0.1, 0.15) is 0 Å². The molecule has 0 radical (unpaired) electrons. The predicted molar refractivity (Wildman–Crippen MR) is 50.7 cm³/mol. The number of ether oxygens (including phenoxy) is 1. The molecule has 0 saturated carbocycles. The van der Waals surface area contributed by atoms with E-state index in [-0.39, 0.29) is 0 Å². The number of carboxylic acid groups (broad SMARTS) is 1. The van der Waals surface area contributed by atoms with Gasteiger partial charge >= 0.3 is 30.7 Å². The summed E-state index contributed by atoms with van der Waals surface area (Å²) >= 11 is 0. The molecule has 24 heavy (non-hydrogen) atoms. The van der Waals surface area contributed by atoms with Gasteiger partial charge in [0.05, 0.1) is 0 Å². The SMILES string of the molecule is C=CC(=O)O.FC(F)(F)C(OC(C(F)(F)F)C(F)(F)F)C(F)(F)F. The summed E-state index contributed by atoms with van der Waals surface area (Å²) < 4.78 is 143. The fraction of sp³-hybridized carbons (Fsp3) is 0.667. The first-order chi connectivity index (χ1) is 10.2. The smallest absolute Gasteiger partial charge is 0.423 e. The molecule has 0 aliphatic carbocycles. The highest BCUT2D eigenvalue weighted by molar-refractivity contribution is 5.78. The first kappa shape index (κ1) is 24.6. The Morgan fingerprint density at radius 2 is 0.917 bits per heavy atom. The lowest BCUT2D eigenvalue weighted by Crippen LogP contribution is -2.53. The lowest BCUT2D eigenvalue weighted by molar-refractivity contribution is -0.391. The van der Waals surface area contributed by atoms with Crippen molar-refractivity contribution in [2.75, 3.05) is 0 Å². The number of halogens is 12. The molecule has 144 valence electrons. The van der Waals surface area contributed by atoms with Gasteiger partial charge in [0.1, 0.15) is 0 Å². The quantitative estimate of drug-likeness (QED) is 0.579. The minimum atomic E-state index is -6.48. The maximum atomic E-state index is 11.8. The summed E-state index contributed by atoms with van der Waals surface area (Å²) in [4.78, 5) is 9.25. The lowest BCUT2D eigenvalue weighted by atomic mass is 10.3. The fourth-order valence-electron chi connectivity index (χ4n) is 0.816. The Labute approximate surface area is 124 Å². The molecule has 15 heteroatoms. The molecule has 0 aliphatic rings. The van der Waals surface area contributed by atoms with Crippen molar-refractivity contribution in [3.05, 3.63) is 12.7 Å². The van der Waals surface area contributed by atoms with Crippen molar-refractivity contribution in [2.45, 2.75) is 36.9 Å². The van der Waals surface area contributed by atoms with Crippen LogP contribution in [0.3, 0.4) is 0 Å². The molecule has 0 aromatic carbocycles. The van der Waals surface area contributed by atoms with Crippen LogP contribution in [0.2, 0.25) is 0 Å².